The zero-order chi connectivity index (χ0) is 13.1. The Morgan fingerprint density at radius 1 is 1.28 bits per heavy atom. The first-order valence-corrected chi connectivity index (χ1v) is 8.37. The maximum Gasteiger partial charge on any atom is 0.0897 e. The van der Waals surface area contributed by atoms with Gasteiger partial charge >= 0.3 is 0 Å². The second kappa shape index (κ2) is 6.15. The number of halogens is 2. The van der Waals surface area contributed by atoms with Crippen molar-refractivity contribution in [3.05, 3.63) is 49.9 Å². The van der Waals surface area contributed by atoms with Gasteiger partial charge in [0.15, 0.2) is 0 Å². The average molecular weight is 320 g/mol. The molecular weight excluding hydrogens is 309 g/mol. The Hall–Kier alpha value is -0.420. The summed E-state index contributed by atoms with van der Waals surface area (Å²) in [5.74, 6) is 0.943. The maximum absolute atomic E-state index is 12.0. The van der Waals surface area contributed by atoms with E-state index in [9.17, 15) is 4.21 Å². The predicted octanol–water partition coefficient (Wildman–Crippen LogP) is 4.21. The lowest BCUT2D eigenvalue weighted by molar-refractivity contribution is 0.681. The zero-order valence-corrected chi connectivity index (χ0v) is 12.8. The van der Waals surface area contributed by atoms with Crippen LogP contribution in [0.2, 0.25) is 10.0 Å². The zero-order valence-electron chi connectivity index (χ0n) is 9.65. The summed E-state index contributed by atoms with van der Waals surface area (Å²) in [6.07, 6.45) is 0. The molecule has 96 valence electrons. The Bertz CT molecular complexity index is 583. The molecule has 1 aromatic carbocycles. The molecule has 0 bridgehead atoms. The van der Waals surface area contributed by atoms with Crippen LogP contribution < -0.4 is 0 Å². The quantitative estimate of drug-likeness (QED) is 0.845. The van der Waals surface area contributed by atoms with E-state index in [1.165, 1.54) is 0 Å². The number of hydrogen-bond acceptors (Lipinski definition) is 3. The summed E-state index contributed by atoms with van der Waals surface area (Å²) in [6, 6.07) is 5.33. The molecule has 1 unspecified atom stereocenters. The van der Waals surface area contributed by atoms with Crippen molar-refractivity contribution in [1.29, 1.82) is 0 Å². The Balaban J connectivity index is 2.00. The van der Waals surface area contributed by atoms with E-state index in [-0.39, 0.29) is 0 Å². The monoisotopic (exact) mass is 319 g/mol. The Kier molecular flexibility index (Phi) is 4.78. The second-order valence-electron chi connectivity index (χ2n) is 3.83. The fourth-order valence-electron chi connectivity index (χ4n) is 1.51. The second-order valence-corrected chi connectivity index (χ2v) is 7.17. The molecule has 6 heteroatoms. The van der Waals surface area contributed by atoms with Gasteiger partial charge in [-0.2, -0.15) is 0 Å². The highest BCUT2D eigenvalue weighted by Gasteiger charge is 2.07. The lowest BCUT2D eigenvalue weighted by atomic mass is 10.2. The van der Waals surface area contributed by atoms with Crippen molar-refractivity contribution in [3.63, 3.8) is 0 Å². The van der Waals surface area contributed by atoms with Gasteiger partial charge < -0.3 is 0 Å². The van der Waals surface area contributed by atoms with Crippen molar-refractivity contribution < 1.29 is 4.21 Å². The molecule has 0 amide bonds. The summed E-state index contributed by atoms with van der Waals surface area (Å²) in [4.78, 5) is 4.30. The fraction of sp³-hybridized carbons (Fsp3) is 0.250. The Morgan fingerprint density at radius 3 is 2.67 bits per heavy atom. The molecule has 0 aliphatic heterocycles. The van der Waals surface area contributed by atoms with Crippen LogP contribution in [0.1, 0.15) is 16.3 Å². The third-order valence-electron chi connectivity index (χ3n) is 2.29. The summed E-state index contributed by atoms with van der Waals surface area (Å²) in [6.45, 7) is 1.94. The third kappa shape index (κ3) is 3.79. The molecular formula is C12H11Cl2NOS2. The molecule has 1 aromatic heterocycles. The van der Waals surface area contributed by atoms with E-state index in [1.54, 1.807) is 23.5 Å². The van der Waals surface area contributed by atoms with Gasteiger partial charge in [-0.1, -0.05) is 29.3 Å². The highest BCUT2D eigenvalue weighted by atomic mass is 35.5. The fourth-order valence-corrected chi connectivity index (χ4v) is 3.68. The predicted molar refractivity (Wildman–Crippen MR) is 78.9 cm³/mol. The van der Waals surface area contributed by atoms with E-state index in [2.05, 4.69) is 4.98 Å². The van der Waals surface area contributed by atoms with Crippen LogP contribution in [0.4, 0.5) is 0 Å². The van der Waals surface area contributed by atoms with Crippen molar-refractivity contribution in [2.45, 2.75) is 18.4 Å². The van der Waals surface area contributed by atoms with E-state index < -0.39 is 10.8 Å². The molecule has 0 fully saturated rings. The van der Waals surface area contributed by atoms with Crippen molar-refractivity contribution in [2.75, 3.05) is 0 Å². The largest absolute Gasteiger partial charge is 0.259 e. The Labute approximate surface area is 122 Å². The summed E-state index contributed by atoms with van der Waals surface area (Å²) < 4.78 is 12.0. The molecule has 1 heterocycles. The lowest BCUT2D eigenvalue weighted by Crippen LogP contribution is -2.00. The van der Waals surface area contributed by atoms with E-state index >= 15 is 0 Å². The topological polar surface area (TPSA) is 30.0 Å². The molecule has 2 aromatic rings. The molecule has 2 rings (SSSR count). The molecule has 0 spiro atoms. The first-order chi connectivity index (χ1) is 8.54. The number of aryl methyl sites for hydroxylation is 1. The molecule has 18 heavy (non-hydrogen) atoms. The van der Waals surface area contributed by atoms with E-state index in [0.29, 0.717) is 21.6 Å². The van der Waals surface area contributed by atoms with Crippen LogP contribution in [0.15, 0.2) is 23.6 Å². The van der Waals surface area contributed by atoms with Gasteiger partial charge in [0.2, 0.25) is 0 Å². The van der Waals surface area contributed by atoms with Crippen molar-refractivity contribution >= 4 is 45.3 Å². The van der Waals surface area contributed by atoms with Crippen LogP contribution >= 0.6 is 34.5 Å². The van der Waals surface area contributed by atoms with Gasteiger partial charge in [0.25, 0.3) is 0 Å². The van der Waals surface area contributed by atoms with Crippen LogP contribution in [0.3, 0.4) is 0 Å². The number of hydrogen-bond donors (Lipinski definition) is 0. The number of aromatic nitrogens is 1. The number of nitrogens with zero attached hydrogens (tertiary/aromatic N) is 1. The third-order valence-corrected chi connectivity index (χ3v) is 5.12. The van der Waals surface area contributed by atoms with Gasteiger partial charge in [0, 0.05) is 21.9 Å². The number of benzene rings is 1. The van der Waals surface area contributed by atoms with Crippen LogP contribution in [0.5, 0.6) is 0 Å². The maximum atomic E-state index is 12.0. The molecule has 0 N–H and O–H groups in total. The van der Waals surface area contributed by atoms with Gasteiger partial charge in [-0.05, 0) is 24.6 Å². The molecule has 2 nitrogen and oxygen atoms in total. The van der Waals surface area contributed by atoms with Gasteiger partial charge in [-0.15, -0.1) is 11.3 Å². The minimum atomic E-state index is -0.981. The summed E-state index contributed by atoms with van der Waals surface area (Å²) in [5, 5.41) is 3.95. The molecule has 0 saturated heterocycles. The highest BCUT2D eigenvalue weighted by molar-refractivity contribution is 7.83. The van der Waals surface area contributed by atoms with E-state index in [4.69, 9.17) is 23.2 Å². The summed E-state index contributed by atoms with van der Waals surface area (Å²) in [5.41, 5.74) is 1.81. The van der Waals surface area contributed by atoms with Crippen LogP contribution in [0.25, 0.3) is 0 Å². The van der Waals surface area contributed by atoms with Crippen molar-refractivity contribution in [2.24, 2.45) is 0 Å². The van der Waals surface area contributed by atoms with Crippen LogP contribution in [-0.4, -0.2) is 9.19 Å². The van der Waals surface area contributed by atoms with Crippen molar-refractivity contribution in [3.8, 4) is 0 Å². The molecule has 0 aliphatic carbocycles. The smallest absolute Gasteiger partial charge is 0.0897 e. The standard InChI is InChI=1S/C12H11Cl2NOS2/c1-8-15-10(5-17-8)7-18(16)6-9-2-3-11(13)12(14)4-9/h2-5H,6-7H2,1H3. The summed E-state index contributed by atoms with van der Waals surface area (Å²) in [7, 11) is -0.981. The minimum absolute atomic E-state index is 0.466. The van der Waals surface area contributed by atoms with Crippen LogP contribution in [0, 0.1) is 6.92 Å². The molecule has 1 atom stereocenters. The average Bonchev–Trinajstić information content (AvgIpc) is 2.69. The minimum Gasteiger partial charge on any atom is -0.259 e. The van der Waals surface area contributed by atoms with Gasteiger partial charge in [-0.25, -0.2) is 4.98 Å². The number of rotatable bonds is 4. The Morgan fingerprint density at radius 2 is 2.06 bits per heavy atom. The normalized spacial score (nSPS) is 12.6. The van der Waals surface area contributed by atoms with Gasteiger partial charge in [-0.3, -0.25) is 4.21 Å². The first kappa shape index (κ1) is 14.0. The summed E-state index contributed by atoms with van der Waals surface area (Å²) >= 11 is 13.3. The van der Waals surface area contributed by atoms with E-state index in [0.717, 1.165) is 16.3 Å². The van der Waals surface area contributed by atoms with Gasteiger partial charge in [0.1, 0.15) is 0 Å². The number of thiazole rings is 1. The van der Waals surface area contributed by atoms with Crippen molar-refractivity contribution in [1.82, 2.24) is 4.98 Å². The highest BCUT2D eigenvalue weighted by Crippen LogP contribution is 2.23. The van der Waals surface area contributed by atoms with Crippen LogP contribution in [-0.2, 0) is 22.3 Å². The molecule has 0 saturated carbocycles. The molecule has 0 radical (unpaired) electrons. The van der Waals surface area contributed by atoms with Gasteiger partial charge in [0.05, 0.1) is 26.5 Å². The van der Waals surface area contributed by atoms with E-state index in [1.807, 2.05) is 18.4 Å². The molecule has 0 aliphatic rings. The SMILES string of the molecule is Cc1nc(CS(=O)Cc2ccc(Cl)c(Cl)c2)cs1. The lowest BCUT2D eigenvalue weighted by Gasteiger charge is -2.03. The first-order valence-electron chi connectivity index (χ1n) is 5.24.